The molecule has 1 heterocycles. The second-order valence-corrected chi connectivity index (χ2v) is 5.45. The fourth-order valence-corrected chi connectivity index (χ4v) is 2.45. The molecule has 0 aliphatic heterocycles. The number of hydrogen-bond donors (Lipinski definition) is 3. The van der Waals surface area contributed by atoms with Gasteiger partial charge in [-0.25, -0.2) is 0 Å². The molecule has 0 saturated carbocycles. The molecule has 4 heteroatoms. The van der Waals surface area contributed by atoms with Gasteiger partial charge in [0.1, 0.15) is 11.5 Å². The van der Waals surface area contributed by atoms with Crippen LogP contribution in [0.3, 0.4) is 0 Å². The Morgan fingerprint density at radius 3 is 2.22 bits per heavy atom. The Labute approximate surface area is 135 Å². The van der Waals surface area contributed by atoms with E-state index in [1.54, 1.807) is 30.5 Å². The number of phenols is 2. The number of aromatic nitrogens is 1. The zero-order chi connectivity index (χ0) is 16.1. The van der Waals surface area contributed by atoms with E-state index in [9.17, 15) is 10.2 Å². The molecule has 3 N–H and O–H groups in total. The van der Waals surface area contributed by atoms with Crippen LogP contribution in [0.4, 0.5) is 5.69 Å². The molecule has 0 saturated heterocycles. The summed E-state index contributed by atoms with van der Waals surface area (Å²) >= 11 is 0. The van der Waals surface area contributed by atoms with Crippen LogP contribution >= 0.6 is 0 Å². The van der Waals surface area contributed by atoms with Crippen molar-refractivity contribution in [3.63, 3.8) is 0 Å². The molecule has 0 fully saturated rings. The van der Waals surface area contributed by atoms with Crippen LogP contribution in [0.2, 0.25) is 0 Å². The van der Waals surface area contributed by atoms with Crippen molar-refractivity contribution in [2.75, 3.05) is 5.32 Å². The van der Waals surface area contributed by atoms with Crippen molar-refractivity contribution in [3.8, 4) is 11.5 Å². The third-order valence-corrected chi connectivity index (χ3v) is 3.52. The van der Waals surface area contributed by atoms with E-state index >= 15 is 0 Å². The highest BCUT2D eigenvalue weighted by Gasteiger charge is 2.01. The van der Waals surface area contributed by atoms with E-state index in [2.05, 4.69) is 10.3 Å². The van der Waals surface area contributed by atoms with E-state index in [-0.39, 0.29) is 11.5 Å². The standard InChI is InChI=1S/C19H18N2O2/c22-18-5-1-3-14(9-18)7-16-8-17(13-20-11-16)21-12-15-4-2-6-19(23)10-15/h1-6,8-11,13,21-23H,7,12H2. The summed E-state index contributed by atoms with van der Waals surface area (Å²) in [6.07, 6.45) is 4.31. The number of pyridine rings is 1. The number of aromatic hydroxyl groups is 2. The predicted molar refractivity (Wildman–Crippen MR) is 90.6 cm³/mol. The van der Waals surface area contributed by atoms with Crippen LogP contribution in [0, 0.1) is 0 Å². The quantitative estimate of drug-likeness (QED) is 0.672. The molecular formula is C19H18N2O2. The van der Waals surface area contributed by atoms with Gasteiger partial charge < -0.3 is 15.5 Å². The third-order valence-electron chi connectivity index (χ3n) is 3.52. The van der Waals surface area contributed by atoms with E-state index in [1.165, 1.54) is 0 Å². The molecule has 3 aromatic rings. The summed E-state index contributed by atoms with van der Waals surface area (Å²) in [6.45, 7) is 0.617. The average molecular weight is 306 g/mol. The van der Waals surface area contributed by atoms with Crippen molar-refractivity contribution in [2.24, 2.45) is 0 Å². The Morgan fingerprint density at radius 1 is 0.783 bits per heavy atom. The van der Waals surface area contributed by atoms with E-state index < -0.39 is 0 Å². The number of nitrogens with one attached hydrogen (secondary N) is 1. The summed E-state index contributed by atoms with van der Waals surface area (Å²) in [6, 6.07) is 16.4. The number of benzene rings is 2. The van der Waals surface area contributed by atoms with Crippen molar-refractivity contribution in [1.29, 1.82) is 0 Å². The fourth-order valence-electron chi connectivity index (χ4n) is 2.45. The first-order chi connectivity index (χ1) is 11.2. The molecule has 0 spiro atoms. The lowest BCUT2D eigenvalue weighted by Gasteiger charge is -2.09. The van der Waals surface area contributed by atoms with Gasteiger partial charge in [-0.2, -0.15) is 0 Å². The van der Waals surface area contributed by atoms with E-state index in [1.807, 2.05) is 36.5 Å². The molecule has 0 aliphatic carbocycles. The van der Waals surface area contributed by atoms with Gasteiger partial charge in [0.15, 0.2) is 0 Å². The SMILES string of the molecule is Oc1cccc(CNc2cncc(Cc3cccc(O)c3)c2)c1. The lowest BCUT2D eigenvalue weighted by Crippen LogP contribution is -2.00. The summed E-state index contributed by atoms with van der Waals surface area (Å²) in [5, 5.41) is 22.3. The molecule has 0 bridgehead atoms. The molecule has 4 nitrogen and oxygen atoms in total. The average Bonchev–Trinajstić information content (AvgIpc) is 2.53. The molecule has 0 unspecified atom stereocenters. The summed E-state index contributed by atoms with van der Waals surface area (Å²) in [4.78, 5) is 4.26. The highest BCUT2D eigenvalue weighted by Crippen LogP contribution is 2.18. The summed E-state index contributed by atoms with van der Waals surface area (Å²) < 4.78 is 0. The lowest BCUT2D eigenvalue weighted by atomic mass is 10.1. The molecule has 116 valence electrons. The first-order valence-electron chi connectivity index (χ1n) is 7.43. The van der Waals surface area contributed by atoms with Gasteiger partial charge in [-0.05, 0) is 53.4 Å². The van der Waals surface area contributed by atoms with E-state index in [0.29, 0.717) is 13.0 Å². The normalized spacial score (nSPS) is 10.4. The maximum atomic E-state index is 9.53. The minimum absolute atomic E-state index is 0.264. The first kappa shape index (κ1) is 14.9. The molecule has 3 rings (SSSR count). The Morgan fingerprint density at radius 2 is 1.48 bits per heavy atom. The van der Waals surface area contributed by atoms with Gasteiger partial charge in [-0.3, -0.25) is 4.98 Å². The zero-order valence-electron chi connectivity index (χ0n) is 12.6. The minimum atomic E-state index is 0.264. The second-order valence-electron chi connectivity index (χ2n) is 5.45. The first-order valence-corrected chi connectivity index (χ1v) is 7.43. The van der Waals surface area contributed by atoms with Gasteiger partial charge in [0.2, 0.25) is 0 Å². The summed E-state index contributed by atoms with van der Waals surface area (Å²) in [5.41, 5.74) is 4.03. The van der Waals surface area contributed by atoms with Crippen LogP contribution in [0.25, 0.3) is 0 Å². The van der Waals surface area contributed by atoms with Crippen LogP contribution in [0.15, 0.2) is 67.0 Å². The van der Waals surface area contributed by atoms with Gasteiger partial charge in [0.25, 0.3) is 0 Å². The Balaban J connectivity index is 1.67. The van der Waals surface area contributed by atoms with Crippen molar-refractivity contribution in [3.05, 3.63) is 83.7 Å². The number of anilines is 1. The van der Waals surface area contributed by atoms with E-state index in [4.69, 9.17) is 0 Å². The molecule has 0 amide bonds. The topological polar surface area (TPSA) is 65.4 Å². The predicted octanol–water partition coefficient (Wildman–Crippen LogP) is 3.70. The van der Waals surface area contributed by atoms with Gasteiger partial charge in [-0.15, -0.1) is 0 Å². The molecule has 2 aromatic carbocycles. The maximum Gasteiger partial charge on any atom is 0.115 e. The van der Waals surface area contributed by atoms with Crippen LogP contribution < -0.4 is 5.32 Å². The molecule has 0 atom stereocenters. The van der Waals surface area contributed by atoms with Crippen molar-refractivity contribution in [2.45, 2.75) is 13.0 Å². The van der Waals surface area contributed by atoms with Gasteiger partial charge in [0.05, 0.1) is 5.69 Å². The lowest BCUT2D eigenvalue weighted by molar-refractivity contribution is 0.474. The number of phenolic OH excluding ortho intramolecular Hbond substituents is 2. The monoisotopic (exact) mass is 306 g/mol. The maximum absolute atomic E-state index is 9.53. The minimum Gasteiger partial charge on any atom is -0.508 e. The largest absolute Gasteiger partial charge is 0.508 e. The summed E-state index contributed by atoms with van der Waals surface area (Å²) in [5.74, 6) is 0.536. The van der Waals surface area contributed by atoms with Crippen molar-refractivity contribution < 1.29 is 10.2 Å². The smallest absolute Gasteiger partial charge is 0.115 e. The van der Waals surface area contributed by atoms with Crippen molar-refractivity contribution >= 4 is 5.69 Å². The van der Waals surface area contributed by atoms with Gasteiger partial charge in [-0.1, -0.05) is 24.3 Å². The van der Waals surface area contributed by atoms with Crippen LogP contribution in [-0.2, 0) is 13.0 Å². The van der Waals surface area contributed by atoms with Crippen LogP contribution in [0.1, 0.15) is 16.7 Å². The highest BCUT2D eigenvalue weighted by molar-refractivity contribution is 5.45. The van der Waals surface area contributed by atoms with E-state index in [0.717, 1.165) is 22.4 Å². The second kappa shape index (κ2) is 6.83. The van der Waals surface area contributed by atoms with Crippen LogP contribution in [-0.4, -0.2) is 15.2 Å². The molecule has 23 heavy (non-hydrogen) atoms. The molecule has 0 radical (unpaired) electrons. The highest BCUT2D eigenvalue weighted by atomic mass is 16.3. The Kier molecular flexibility index (Phi) is 4.43. The zero-order valence-corrected chi connectivity index (χ0v) is 12.6. The van der Waals surface area contributed by atoms with Gasteiger partial charge >= 0.3 is 0 Å². The van der Waals surface area contributed by atoms with Gasteiger partial charge in [0, 0.05) is 18.9 Å². The Hall–Kier alpha value is -3.01. The molecular weight excluding hydrogens is 288 g/mol. The molecule has 1 aromatic heterocycles. The molecule has 0 aliphatic rings. The van der Waals surface area contributed by atoms with Crippen LogP contribution in [0.5, 0.6) is 11.5 Å². The number of hydrogen-bond acceptors (Lipinski definition) is 4. The van der Waals surface area contributed by atoms with Crippen molar-refractivity contribution in [1.82, 2.24) is 4.98 Å². The summed E-state index contributed by atoms with van der Waals surface area (Å²) in [7, 11) is 0. The Bertz CT molecular complexity index is 803. The third kappa shape index (κ3) is 4.23. The number of nitrogens with zero attached hydrogens (tertiary/aromatic N) is 1. The number of rotatable bonds is 5. The fraction of sp³-hybridized carbons (Fsp3) is 0.105.